The van der Waals surface area contributed by atoms with Gasteiger partial charge in [0.1, 0.15) is 0 Å². The molecule has 0 spiro atoms. The van der Waals surface area contributed by atoms with Crippen LogP contribution in [0.15, 0.2) is 24.3 Å². The maximum Gasteiger partial charge on any atom is 0.337 e. The van der Waals surface area contributed by atoms with Crippen LogP contribution in [-0.2, 0) is 14.6 Å². The topological polar surface area (TPSA) is 72.5 Å². The fourth-order valence-electron chi connectivity index (χ4n) is 2.67. The fraction of sp³-hybridized carbons (Fsp3) is 0.500. The molecule has 0 aromatic heterocycles. The summed E-state index contributed by atoms with van der Waals surface area (Å²) in [4.78, 5) is 11.5. The van der Waals surface area contributed by atoms with Crippen molar-refractivity contribution in [3.05, 3.63) is 29.8 Å². The number of ether oxygens (including phenoxy) is 1. The number of hydrogen-bond donors (Lipinski definition) is 1. The van der Waals surface area contributed by atoms with Crippen LogP contribution in [0.5, 0.6) is 0 Å². The molecule has 1 N–H and O–H groups in total. The summed E-state index contributed by atoms with van der Waals surface area (Å²) >= 11 is 0. The van der Waals surface area contributed by atoms with Crippen molar-refractivity contribution in [1.29, 1.82) is 0 Å². The van der Waals surface area contributed by atoms with Crippen LogP contribution in [0.2, 0.25) is 0 Å². The molecule has 0 bridgehead atoms. The Morgan fingerprint density at radius 1 is 1.35 bits per heavy atom. The Hall–Kier alpha value is -1.56. The summed E-state index contributed by atoms with van der Waals surface area (Å²) in [6, 6.07) is 6.82. The lowest BCUT2D eigenvalue weighted by molar-refractivity contribution is 0.0601. The van der Waals surface area contributed by atoms with E-state index in [1.807, 2.05) is 6.07 Å². The van der Waals surface area contributed by atoms with Gasteiger partial charge < -0.3 is 10.1 Å². The number of hydrogen-bond acceptors (Lipinski definition) is 5. The average Bonchev–Trinajstić information content (AvgIpc) is 2.86. The molecule has 1 aromatic rings. The molecule has 2 atom stereocenters. The van der Waals surface area contributed by atoms with Crippen molar-refractivity contribution in [2.45, 2.75) is 30.6 Å². The first-order valence-corrected chi connectivity index (χ1v) is 8.51. The van der Waals surface area contributed by atoms with Gasteiger partial charge in [0.2, 0.25) is 0 Å². The van der Waals surface area contributed by atoms with Crippen LogP contribution in [0, 0.1) is 0 Å². The van der Waals surface area contributed by atoms with Crippen LogP contribution >= 0.6 is 0 Å². The third-order valence-electron chi connectivity index (χ3n) is 3.64. The minimum atomic E-state index is -3.06. The fourth-order valence-corrected chi connectivity index (χ4v) is 4.07. The number of sulfone groups is 1. The standard InChI is InChI=1S/C14H19NO4S/c1-19-14(16)10-5-3-6-11(9-10)15-12-7-4-8-13(12)20(2,17)18/h3,5-6,9,12-13,15H,4,7-8H2,1-2H3. The molecule has 1 aliphatic carbocycles. The highest BCUT2D eigenvalue weighted by Gasteiger charge is 2.34. The molecule has 5 nitrogen and oxygen atoms in total. The summed E-state index contributed by atoms with van der Waals surface area (Å²) in [5.74, 6) is -0.403. The third-order valence-corrected chi connectivity index (χ3v) is 5.30. The minimum absolute atomic E-state index is 0.0992. The quantitative estimate of drug-likeness (QED) is 0.859. The Balaban J connectivity index is 2.16. The molecule has 6 heteroatoms. The predicted molar refractivity (Wildman–Crippen MR) is 77.7 cm³/mol. The van der Waals surface area contributed by atoms with Crippen molar-refractivity contribution in [2.75, 3.05) is 18.7 Å². The summed E-state index contributed by atoms with van der Waals surface area (Å²) in [6.07, 6.45) is 3.68. The second kappa shape index (κ2) is 5.83. The van der Waals surface area contributed by atoms with Crippen molar-refractivity contribution < 1.29 is 17.9 Å². The summed E-state index contributed by atoms with van der Waals surface area (Å²) in [6.45, 7) is 0. The Bertz CT molecular complexity index is 597. The number of carbonyl (C=O) groups is 1. The van der Waals surface area contributed by atoms with Crippen LogP contribution < -0.4 is 5.32 Å². The van der Waals surface area contributed by atoms with Gasteiger partial charge in [-0.1, -0.05) is 6.07 Å². The molecule has 0 amide bonds. The molecular weight excluding hydrogens is 278 g/mol. The Morgan fingerprint density at radius 3 is 2.75 bits per heavy atom. The highest BCUT2D eigenvalue weighted by Crippen LogP contribution is 2.28. The monoisotopic (exact) mass is 297 g/mol. The van der Waals surface area contributed by atoms with Crippen LogP contribution in [0.1, 0.15) is 29.6 Å². The molecule has 110 valence electrons. The van der Waals surface area contributed by atoms with Gasteiger partial charge in [-0.15, -0.1) is 0 Å². The molecule has 20 heavy (non-hydrogen) atoms. The van der Waals surface area contributed by atoms with Crippen molar-refractivity contribution in [3.8, 4) is 0 Å². The van der Waals surface area contributed by atoms with E-state index in [1.54, 1.807) is 18.2 Å². The highest BCUT2D eigenvalue weighted by atomic mass is 32.2. The number of nitrogens with one attached hydrogen (secondary N) is 1. The molecule has 0 saturated heterocycles. The van der Waals surface area contributed by atoms with Gasteiger partial charge in [0.05, 0.1) is 17.9 Å². The van der Waals surface area contributed by atoms with Crippen LogP contribution in [0.3, 0.4) is 0 Å². The van der Waals surface area contributed by atoms with Gasteiger partial charge >= 0.3 is 5.97 Å². The maximum atomic E-state index is 11.7. The van der Waals surface area contributed by atoms with Gasteiger partial charge in [-0.25, -0.2) is 13.2 Å². The van der Waals surface area contributed by atoms with Crippen LogP contribution in [0.4, 0.5) is 5.69 Å². The largest absolute Gasteiger partial charge is 0.465 e. The first kappa shape index (κ1) is 14.8. The molecule has 0 aliphatic heterocycles. The number of benzene rings is 1. The van der Waals surface area contributed by atoms with E-state index < -0.39 is 15.8 Å². The minimum Gasteiger partial charge on any atom is -0.465 e. The van der Waals surface area contributed by atoms with E-state index in [4.69, 9.17) is 0 Å². The van der Waals surface area contributed by atoms with E-state index in [0.29, 0.717) is 12.0 Å². The van der Waals surface area contributed by atoms with Gasteiger partial charge in [0.25, 0.3) is 0 Å². The van der Waals surface area contributed by atoms with Gasteiger partial charge in [-0.2, -0.15) is 0 Å². The van der Waals surface area contributed by atoms with Gasteiger partial charge in [0.15, 0.2) is 9.84 Å². The van der Waals surface area contributed by atoms with E-state index in [9.17, 15) is 13.2 Å². The summed E-state index contributed by atoms with van der Waals surface area (Å²) in [7, 11) is -1.72. The lowest BCUT2D eigenvalue weighted by Gasteiger charge is -2.20. The normalized spacial score (nSPS) is 22.5. The zero-order valence-corrected chi connectivity index (χ0v) is 12.4. The second-order valence-electron chi connectivity index (χ2n) is 5.12. The molecular formula is C14H19NO4S. The zero-order chi connectivity index (χ0) is 14.8. The Kier molecular flexibility index (Phi) is 4.32. The molecule has 2 unspecified atom stereocenters. The summed E-state index contributed by atoms with van der Waals surface area (Å²) < 4.78 is 28.2. The van der Waals surface area contributed by atoms with Crippen molar-refractivity contribution in [2.24, 2.45) is 0 Å². The molecule has 1 aromatic carbocycles. The maximum absolute atomic E-state index is 11.7. The number of esters is 1. The lowest BCUT2D eigenvalue weighted by Crippen LogP contribution is -2.34. The lowest BCUT2D eigenvalue weighted by atomic mass is 10.1. The molecule has 0 radical (unpaired) electrons. The van der Waals surface area contributed by atoms with Gasteiger partial charge in [-0.3, -0.25) is 0 Å². The van der Waals surface area contributed by atoms with Crippen LogP contribution in [-0.4, -0.2) is 39.0 Å². The molecule has 1 fully saturated rings. The number of rotatable bonds is 4. The highest BCUT2D eigenvalue weighted by molar-refractivity contribution is 7.91. The van der Waals surface area contributed by atoms with Gasteiger partial charge in [-0.05, 0) is 37.5 Å². The molecule has 0 heterocycles. The molecule has 1 saturated carbocycles. The zero-order valence-electron chi connectivity index (χ0n) is 11.6. The summed E-state index contributed by atoms with van der Waals surface area (Å²) in [5, 5.41) is 2.87. The van der Waals surface area contributed by atoms with E-state index >= 15 is 0 Å². The first-order valence-electron chi connectivity index (χ1n) is 6.55. The number of carbonyl (C=O) groups excluding carboxylic acids is 1. The molecule has 2 rings (SSSR count). The van der Waals surface area contributed by atoms with Crippen LogP contribution in [0.25, 0.3) is 0 Å². The Morgan fingerprint density at radius 2 is 2.10 bits per heavy atom. The second-order valence-corrected chi connectivity index (χ2v) is 7.39. The smallest absolute Gasteiger partial charge is 0.337 e. The predicted octanol–water partition coefficient (Wildman–Crippen LogP) is 1.85. The van der Waals surface area contributed by atoms with E-state index in [2.05, 4.69) is 10.1 Å². The molecule has 1 aliphatic rings. The van der Waals surface area contributed by atoms with Gasteiger partial charge in [0, 0.05) is 18.0 Å². The van der Waals surface area contributed by atoms with E-state index in [-0.39, 0.29) is 11.3 Å². The third kappa shape index (κ3) is 3.30. The summed E-state index contributed by atoms with van der Waals surface area (Å²) in [5.41, 5.74) is 1.19. The van der Waals surface area contributed by atoms with Crippen molar-refractivity contribution >= 4 is 21.5 Å². The first-order chi connectivity index (χ1) is 9.41. The Labute approximate surface area is 119 Å². The van der Waals surface area contributed by atoms with E-state index in [1.165, 1.54) is 13.4 Å². The number of methoxy groups -OCH3 is 1. The SMILES string of the molecule is COC(=O)c1cccc(NC2CCCC2S(C)(=O)=O)c1. The van der Waals surface area contributed by atoms with Crippen molar-refractivity contribution in [1.82, 2.24) is 0 Å². The van der Waals surface area contributed by atoms with Crippen molar-refractivity contribution in [3.63, 3.8) is 0 Å². The average molecular weight is 297 g/mol. The number of anilines is 1. The van der Waals surface area contributed by atoms with E-state index in [0.717, 1.165) is 18.5 Å².